The van der Waals surface area contributed by atoms with Crippen molar-refractivity contribution in [2.24, 2.45) is 11.7 Å². The minimum atomic E-state index is -1.51. The molecule has 8 nitrogen and oxygen atoms in total. The Morgan fingerprint density at radius 1 is 1.04 bits per heavy atom. The first-order chi connectivity index (χ1) is 12.2. The Hall–Kier alpha value is -2.23. The van der Waals surface area contributed by atoms with Gasteiger partial charge in [0, 0.05) is 0 Å². The molecule has 1 aromatic carbocycles. The average molecular weight is 373 g/mol. The monoisotopic (exact) mass is 373 g/mol. The topological polar surface area (TPSA) is 150 Å². The van der Waals surface area contributed by atoms with Crippen LogP contribution in [0.25, 0.3) is 0 Å². The molecule has 0 aliphatic rings. The third-order valence-electron chi connectivity index (χ3n) is 3.92. The third kappa shape index (κ3) is 7.34. The number of benzene rings is 1. The van der Waals surface area contributed by atoms with E-state index in [4.69, 9.17) is 20.7 Å². The number of carboxylic acids is 2. The zero-order valence-corrected chi connectivity index (χ0v) is 14.1. The second kappa shape index (κ2) is 10.7. The lowest BCUT2D eigenvalue weighted by Crippen LogP contribution is -2.33. The van der Waals surface area contributed by atoms with Crippen molar-refractivity contribution in [2.75, 3.05) is 13.3 Å². The largest absolute Gasteiger partial charge is 0.491 e. The number of alkyl halides is 1. The van der Waals surface area contributed by atoms with E-state index in [1.54, 1.807) is 24.3 Å². The van der Waals surface area contributed by atoms with Crippen LogP contribution in [0.1, 0.15) is 18.4 Å². The molecule has 146 valence electrons. The van der Waals surface area contributed by atoms with E-state index in [0.717, 1.165) is 0 Å². The Labute approximate surface area is 150 Å². The highest BCUT2D eigenvalue weighted by molar-refractivity contribution is 5.73. The van der Waals surface area contributed by atoms with Crippen LogP contribution in [0.5, 0.6) is 5.75 Å². The first-order valence-electron chi connectivity index (χ1n) is 8.09. The van der Waals surface area contributed by atoms with E-state index in [2.05, 4.69) is 0 Å². The number of ether oxygens (including phenoxy) is 1. The van der Waals surface area contributed by atoms with Gasteiger partial charge in [-0.05, 0) is 37.0 Å². The maximum Gasteiger partial charge on any atom is 0.320 e. The van der Waals surface area contributed by atoms with Gasteiger partial charge >= 0.3 is 11.9 Å². The van der Waals surface area contributed by atoms with Gasteiger partial charge in [-0.2, -0.15) is 0 Å². The SMILES string of the molecule is N[C@@H](CCC(Cc1ccc(OC[C@H](O)[C@@H](O)CF)cc1)C(=O)O)C(=O)O. The highest BCUT2D eigenvalue weighted by Gasteiger charge is 2.21. The Bertz CT molecular complexity index is 581. The van der Waals surface area contributed by atoms with Crippen molar-refractivity contribution in [2.45, 2.75) is 37.5 Å². The van der Waals surface area contributed by atoms with Crippen LogP contribution < -0.4 is 10.5 Å². The van der Waals surface area contributed by atoms with Gasteiger partial charge in [0.15, 0.2) is 0 Å². The van der Waals surface area contributed by atoms with Gasteiger partial charge in [0.05, 0.1) is 5.92 Å². The van der Waals surface area contributed by atoms with Crippen molar-refractivity contribution in [3.8, 4) is 5.75 Å². The van der Waals surface area contributed by atoms with Gasteiger partial charge in [-0.3, -0.25) is 9.59 Å². The number of aliphatic hydroxyl groups is 2. The highest BCUT2D eigenvalue weighted by Crippen LogP contribution is 2.19. The fraction of sp³-hybridized carbons (Fsp3) is 0.529. The summed E-state index contributed by atoms with van der Waals surface area (Å²) >= 11 is 0. The number of carboxylic acid groups (broad SMARTS) is 2. The van der Waals surface area contributed by atoms with Gasteiger partial charge in [-0.15, -0.1) is 0 Å². The maximum atomic E-state index is 12.2. The Morgan fingerprint density at radius 3 is 2.15 bits per heavy atom. The van der Waals surface area contributed by atoms with Crippen molar-refractivity contribution in [3.05, 3.63) is 29.8 Å². The van der Waals surface area contributed by atoms with Crippen LogP contribution in [0.3, 0.4) is 0 Å². The molecule has 4 atom stereocenters. The molecule has 0 heterocycles. The summed E-state index contributed by atoms with van der Waals surface area (Å²) in [7, 11) is 0. The lowest BCUT2D eigenvalue weighted by molar-refractivity contribution is -0.143. The number of nitrogens with two attached hydrogens (primary N) is 1. The van der Waals surface area contributed by atoms with Gasteiger partial charge in [0.1, 0.15) is 37.3 Å². The highest BCUT2D eigenvalue weighted by atomic mass is 19.1. The summed E-state index contributed by atoms with van der Waals surface area (Å²) in [4.78, 5) is 22.0. The molecule has 0 radical (unpaired) electrons. The fourth-order valence-corrected chi connectivity index (χ4v) is 2.22. The summed E-state index contributed by atoms with van der Waals surface area (Å²) in [6.07, 6.45) is -2.47. The first-order valence-corrected chi connectivity index (χ1v) is 8.09. The molecule has 6 N–H and O–H groups in total. The molecule has 0 aliphatic heterocycles. The normalized spacial score (nSPS) is 15.7. The van der Waals surface area contributed by atoms with Crippen molar-refractivity contribution < 1.29 is 39.1 Å². The summed E-state index contributed by atoms with van der Waals surface area (Å²) in [5.74, 6) is -2.60. The van der Waals surface area contributed by atoms with E-state index in [1.807, 2.05) is 0 Å². The Kier molecular flexibility index (Phi) is 8.97. The van der Waals surface area contributed by atoms with Crippen LogP contribution >= 0.6 is 0 Å². The molecule has 1 unspecified atom stereocenters. The standard InChI is InChI=1S/C17H24FNO7/c18-8-14(20)15(21)9-26-12-4-1-10(2-5-12)7-11(16(22)23)3-6-13(19)17(24)25/h1-2,4-5,11,13-15,20-21H,3,6-9,19H2,(H,22,23)(H,24,25)/t11?,13-,14-,15-/m0/s1. The van der Waals surface area contributed by atoms with E-state index < -0.39 is 42.8 Å². The number of hydrogen-bond donors (Lipinski definition) is 5. The average Bonchev–Trinajstić information content (AvgIpc) is 2.62. The molecule has 9 heteroatoms. The molecule has 0 saturated heterocycles. The van der Waals surface area contributed by atoms with Gasteiger partial charge in [0.25, 0.3) is 0 Å². The molecule has 0 fully saturated rings. The number of hydrogen-bond acceptors (Lipinski definition) is 6. The van der Waals surface area contributed by atoms with Gasteiger partial charge in [0.2, 0.25) is 0 Å². The van der Waals surface area contributed by atoms with E-state index >= 15 is 0 Å². The van der Waals surface area contributed by atoms with E-state index in [9.17, 15) is 24.2 Å². The van der Waals surface area contributed by atoms with E-state index in [-0.39, 0.29) is 25.9 Å². The Morgan fingerprint density at radius 2 is 1.65 bits per heavy atom. The molecule has 0 amide bonds. The summed E-state index contributed by atoms with van der Waals surface area (Å²) < 4.78 is 17.4. The van der Waals surface area contributed by atoms with Crippen molar-refractivity contribution in [1.82, 2.24) is 0 Å². The number of halogens is 1. The lowest BCUT2D eigenvalue weighted by atomic mass is 9.93. The summed E-state index contributed by atoms with van der Waals surface area (Å²) in [6, 6.07) is 5.30. The molecule has 1 rings (SSSR count). The minimum absolute atomic E-state index is 0.0578. The van der Waals surface area contributed by atoms with Gasteiger partial charge < -0.3 is 30.9 Å². The predicted molar refractivity (Wildman–Crippen MR) is 89.6 cm³/mol. The van der Waals surface area contributed by atoms with E-state index in [1.165, 1.54) is 0 Å². The van der Waals surface area contributed by atoms with Crippen LogP contribution in [0, 0.1) is 5.92 Å². The summed E-state index contributed by atoms with van der Waals surface area (Å²) in [5.41, 5.74) is 6.10. The van der Waals surface area contributed by atoms with Crippen LogP contribution in [0.15, 0.2) is 24.3 Å². The number of rotatable bonds is 12. The maximum absolute atomic E-state index is 12.2. The smallest absolute Gasteiger partial charge is 0.320 e. The van der Waals surface area contributed by atoms with Crippen molar-refractivity contribution >= 4 is 11.9 Å². The quantitative estimate of drug-likeness (QED) is 0.348. The molecular formula is C17H24FNO7. The van der Waals surface area contributed by atoms with Crippen LogP contribution in [-0.4, -0.2) is 63.9 Å². The predicted octanol–water partition coefficient (Wildman–Crippen LogP) is 0.192. The molecule has 1 aromatic rings. The van der Waals surface area contributed by atoms with E-state index in [0.29, 0.717) is 11.3 Å². The van der Waals surface area contributed by atoms with Gasteiger partial charge in [-0.25, -0.2) is 4.39 Å². The van der Waals surface area contributed by atoms with Crippen LogP contribution in [-0.2, 0) is 16.0 Å². The molecule has 0 aromatic heterocycles. The molecule has 0 aliphatic carbocycles. The zero-order valence-electron chi connectivity index (χ0n) is 14.1. The number of aliphatic carboxylic acids is 2. The van der Waals surface area contributed by atoms with Crippen LogP contribution in [0.2, 0.25) is 0 Å². The second-order valence-electron chi connectivity index (χ2n) is 6.01. The Balaban J connectivity index is 2.57. The van der Waals surface area contributed by atoms with Gasteiger partial charge in [-0.1, -0.05) is 12.1 Å². The molecule has 0 saturated carbocycles. The van der Waals surface area contributed by atoms with Crippen molar-refractivity contribution in [1.29, 1.82) is 0 Å². The van der Waals surface area contributed by atoms with Crippen molar-refractivity contribution in [3.63, 3.8) is 0 Å². The zero-order chi connectivity index (χ0) is 19.7. The number of aliphatic hydroxyl groups excluding tert-OH is 2. The molecule has 0 bridgehead atoms. The number of carbonyl (C=O) groups is 2. The molecular weight excluding hydrogens is 349 g/mol. The summed E-state index contributed by atoms with van der Waals surface area (Å²) in [6.45, 7) is -1.36. The summed E-state index contributed by atoms with van der Waals surface area (Å²) in [5, 5.41) is 36.6. The molecule has 26 heavy (non-hydrogen) atoms. The molecule has 0 spiro atoms. The lowest BCUT2D eigenvalue weighted by Gasteiger charge is -2.16. The first kappa shape index (κ1) is 21.8. The minimum Gasteiger partial charge on any atom is -0.491 e. The second-order valence-corrected chi connectivity index (χ2v) is 6.01. The van der Waals surface area contributed by atoms with Crippen LogP contribution in [0.4, 0.5) is 4.39 Å². The third-order valence-corrected chi connectivity index (χ3v) is 3.92. The fourth-order valence-electron chi connectivity index (χ4n) is 2.22.